The minimum atomic E-state index is 0.161. The fourth-order valence-corrected chi connectivity index (χ4v) is 4.26. The fraction of sp³-hybridized carbons (Fsp3) is 0.577. The van der Waals surface area contributed by atoms with Crippen LogP contribution in [0.4, 0.5) is 0 Å². The summed E-state index contributed by atoms with van der Waals surface area (Å²) >= 11 is 3.73. The van der Waals surface area contributed by atoms with E-state index in [4.69, 9.17) is 19.2 Å². The quantitative estimate of drug-likeness (QED) is 0.310. The average molecular weight is 490 g/mol. The van der Waals surface area contributed by atoms with Gasteiger partial charge in [-0.25, -0.2) is 4.98 Å². The van der Waals surface area contributed by atoms with Gasteiger partial charge in [0, 0.05) is 12.7 Å². The van der Waals surface area contributed by atoms with Gasteiger partial charge < -0.3 is 14.2 Å². The van der Waals surface area contributed by atoms with Crippen molar-refractivity contribution in [2.45, 2.75) is 77.7 Å². The van der Waals surface area contributed by atoms with Gasteiger partial charge in [-0.2, -0.15) is 0 Å². The summed E-state index contributed by atoms with van der Waals surface area (Å²) in [6.07, 6.45) is 9.77. The van der Waals surface area contributed by atoms with Crippen LogP contribution in [0.25, 0.3) is 0 Å². The van der Waals surface area contributed by atoms with Crippen LogP contribution in [0.1, 0.15) is 69.2 Å². The van der Waals surface area contributed by atoms with Gasteiger partial charge in [0.1, 0.15) is 12.4 Å². The maximum Gasteiger partial charge on any atom is 0.217 e. The Balaban J connectivity index is 1.68. The van der Waals surface area contributed by atoms with E-state index in [0.717, 1.165) is 67.5 Å². The molecule has 31 heavy (non-hydrogen) atoms. The third-order valence-corrected chi connectivity index (χ3v) is 6.48. The molecule has 1 aliphatic heterocycles. The number of hydrogen-bond acceptors (Lipinski definition) is 4. The highest BCUT2D eigenvalue weighted by Gasteiger charge is 2.17. The summed E-state index contributed by atoms with van der Waals surface area (Å²) in [7, 11) is 0. The third kappa shape index (κ3) is 7.80. The molecule has 2 aromatic rings. The van der Waals surface area contributed by atoms with Gasteiger partial charge in [-0.3, -0.25) is 0 Å². The molecule has 0 spiro atoms. The normalized spacial score (nSPS) is 16.3. The lowest BCUT2D eigenvalue weighted by atomic mass is 10.0. The second-order valence-corrected chi connectivity index (χ2v) is 9.08. The average Bonchev–Trinajstić information content (AvgIpc) is 2.80. The van der Waals surface area contributed by atoms with Crippen molar-refractivity contribution in [2.75, 3.05) is 19.8 Å². The van der Waals surface area contributed by atoms with Crippen LogP contribution >= 0.6 is 15.9 Å². The highest BCUT2D eigenvalue weighted by molar-refractivity contribution is 9.10. The van der Waals surface area contributed by atoms with Gasteiger partial charge in [0.15, 0.2) is 0 Å². The summed E-state index contributed by atoms with van der Waals surface area (Å²) in [6, 6.07) is 10.9. The van der Waals surface area contributed by atoms with E-state index in [1.165, 1.54) is 24.0 Å². The van der Waals surface area contributed by atoms with Gasteiger partial charge in [0.25, 0.3) is 0 Å². The van der Waals surface area contributed by atoms with Crippen LogP contribution < -0.4 is 9.47 Å². The number of benzene rings is 1. The highest BCUT2D eigenvalue weighted by Crippen LogP contribution is 2.32. The summed E-state index contributed by atoms with van der Waals surface area (Å²) in [5.41, 5.74) is 3.70. The number of aryl methyl sites for hydroxylation is 3. The number of nitrogens with zero attached hydrogens (tertiary/aromatic N) is 1. The van der Waals surface area contributed by atoms with Crippen molar-refractivity contribution >= 4 is 15.9 Å². The Morgan fingerprint density at radius 3 is 2.45 bits per heavy atom. The summed E-state index contributed by atoms with van der Waals surface area (Å²) < 4.78 is 18.8. The molecule has 170 valence electrons. The number of unbranched alkanes of at least 4 members (excludes halogenated alkanes) is 1. The van der Waals surface area contributed by atoms with Crippen LogP contribution in [0.5, 0.6) is 11.6 Å². The molecule has 4 nitrogen and oxygen atoms in total. The molecule has 2 heterocycles. The minimum absolute atomic E-state index is 0.161. The molecule has 0 aliphatic carbocycles. The largest absolute Gasteiger partial charge is 0.492 e. The zero-order valence-electron chi connectivity index (χ0n) is 19.0. The first-order valence-electron chi connectivity index (χ1n) is 11.8. The molecule has 1 saturated heterocycles. The molecule has 0 amide bonds. The van der Waals surface area contributed by atoms with Crippen LogP contribution in [0.15, 0.2) is 34.8 Å². The maximum absolute atomic E-state index is 6.05. The van der Waals surface area contributed by atoms with E-state index in [9.17, 15) is 0 Å². The molecule has 3 rings (SSSR count). The third-order valence-electron chi connectivity index (χ3n) is 5.63. The molecular formula is C26H36BrNO3. The Kier molecular flexibility index (Phi) is 10.1. The second-order valence-electron chi connectivity index (χ2n) is 8.29. The SMILES string of the molecule is CCCCOc1cc(OCC2CCCCO2)nc(CCc2ccc(CCC)cc2)c1Br. The lowest BCUT2D eigenvalue weighted by Crippen LogP contribution is -2.26. The van der Waals surface area contributed by atoms with E-state index >= 15 is 0 Å². The zero-order chi connectivity index (χ0) is 21.9. The Labute approximate surface area is 195 Å². The highest BCUT2D eigenvalue weighted by atomic mass is 79.9. The van der Waals surface area contributed by atoms with Crippen molar-refractivity contribution in [2.24, 2.45) is 0 Å². The smallest absolute Gasteiger partial charge is 0.217 e. The second kappa shape index (κ2) is 13.1. The van der Waals surface area contributed by atoms with E-state index in [2.05, 4.69) is 54.0 Å². The predicted octanol–water partition coefficient (Wildman–Crippen LogP) is 6.71. The number of aromatic nitrogens is 1. The van der Waals surface area contributed by atoms with Gasteiger partial charge in [0.2, 0.25) is 5.88 Å². The van der Waals surface area contributed by atoms with Gasteiger partial charge >= 0.3 is 0 Å². The zero-order valence-corrected chi connectivity index (χ0v) is 20.6. The molecule has 5 heteroatoms. The Morgan fingerprint density at radius 2 is 1.77 bits per heavy atom. The van der Waals surface area contributed by atoms with Crippen molar-refractivity contribution < 1.29 is 14.2 Å². The van der Waals surface area contributed by atoms with Crippen molar-refractivity contribution in [3.05, 3.63) is 51.6 Å². The number of rotatable bonds is 12. The summed E-state index contributed by atoms with van der Waals surface area (Å²) in [5.74, 6) is 1.44. The first-order valence-corrected chi connectivity index (χ1v) is 12.6. The van der Waals surface area contributed by atoms with Gasteiger partial charge in [0.05, 0.1) is 22.9 Å². The number of pyridine rings is 1. The van der Waals surface area contributed by atoms with Crippen LogP contribution in [-0.4, -0.2) is 30.9 Å². The number of halogens is 1. The molecule has 1 fully saturated rings. The summed E-state index contributed by atoms with van der Waals surface area (Å²) in [5, 5.41) is 0. The number of ether oxygens (including phenoxy) is 3. The van der Waals surface area contributed by atoms with Crippen LogP contribution in [0.3, 0.4) is 0 Å². The maximum atomic E-state index is 6.05. The lowest BCUT2D eigenvalue weighted by molar-refractivity contribution is -0.0120. The van der Waals surface area contributed by atoms with Crippen LogP contribution in [0, 0.1) is 0 Å². The molecule has 1 unspecified atom stereocenters. The van der Waals surface area contributed by atoms with Crippen molar-refractivity contribution in [3.63, 3.8) is 0 Å². The minimum Gasteiger partial charge on any atom is -0.492 e. The first kappa shape index (κ1) is 24.1. The molecule has 0 N–H and O–H groups in total. The predicted molar refractivity (Wildman–Crippen MR) is 129 cm³/mol. The lowest BCUT2D eigenvalue weighted by Gasteiger charge is -2.22. The van der Waals surface area contributed by atoms with Crippen molar-refractivity contribution in [1.29, 1.82) is 0 Å². The molecule has 1 aromatic heterocycles. The van der Waals surface area contributed by atoms with E-state index in [-0.39, 0.29) is 6.10 Å². The van der Waals surface area contributed by atoms with Crippen molar-refractivity contribution in [3.8, 4) is 11.6 Å². The van der Waals surface area contributed by atoms with Gasteiger partial charge in [-0.15, -0.1) is 0 Å². The standard InChI is InChI=1S/C26H36BrNO3/c1-3-5-16-30-24-18-25(31-19-22-9-6-7-17-29-22)28-23(26(24)27)15-14-21-12-10-20(8-4-2)11-13-21/h10-13,18,22H,3-9,14-17,19H2,1-2H3. The van der Waals surface area contributed by atoms with Crippen LogP contribution in [-0.2, 0) is 24.0 Å². The summed E-state index contributed by atoms with van der Waals surface area (Å²) in [4.78, 5) is 4.80. The molecule has 1 aliphatic rings. The van der Waals surface area contributed by atoms with Crippen molar-refractivity contribution in [1.82, 2.24) is 4.98 Å². The molecule has 1 aromatic carbocycles. The van der Waals surface area contributed by atoms with E-state index < -0.39 is 0 Å². The summed E-state index contributed by atoms with van der Waals surface area (Å²) in [6.45, 7) is 6.45. The molecular weight excluding hydrogens is 454 g/mol. The van der Waals surface area contributed by atoms with Gasteiger partial charge in [-0.1, -0.05) is 51.0 Å². The van der Waals surface area contributed by atoms with Gasteiger partial charge in [-0.05, 0) is 72.0 Å². The monoisotopic (exact) mass is 489 g/mol. The first-order chi connectivity index (χ1) is 15.2. The molecule has 0 saturated carbocycles. The topological polar surface area (TPSA) is 40.6 Å². The van der Waals surface area contributed by atoms with E-state index in [0.29, 0.717) is 19.1 Å². The number of hydrogen-bond donors (Lipinski definition) is 0. The van der Waals surface area contributed by atoms with Crippen LogP contribution in [0.2, 0.25) is 0 Å². The van der Waals surface area contributed by atoms with E-state index in [1.807, 2.05) is 6.07 Å². The molecule has 0 bridgehead atoms. The Bertz CT molecular complexity index is 788. The van der Waals surface area contributed by atoms with E-state index in [1.54, 1.807) is 0 Å². The molecule has 1 atom stereocenters. The fourth-order valence-electron chi connectivity index (χ4n) is 3.74. The Morgan fingerprint density at radius 1 is 1.00 bits per heavy atom. The Hall–Kier alpha value is -1.59. The molecule has 0 radical (unpaired) electrons.